The summed E-state index contributed by atoms with van der Waals surface area (Å²) in [6.07, 6.45) is 0. The third kappa shape index (κ3) is 3.02. The van der Waals surface area contributed by atoms with E-state index in [1.807, 2.05) is 48.5 Å². The Hall–Kier alpha value is -0.900. The highest BCUT2D eigenvalue weighted by Crippen LogP contribution is 2.19. The topological polar surface area (TPSA) is 9.23 Å². The zero-order chi connectivity index (χ0) is 10.7. The average Bonchev–Trinajstić information content (AvgIpc) is 2.25. The molecule has 0 amide bonds. The van der Waals surface area contributed by atoms with Crippen LogP contribution in [0.5, 0.6) is 11.5 Å². The lowest BCUT2D eigenvalue weighted by atomic mass is 10.3. The Balaban J connectivity index is 2.15. The lowest BCUT2D eigenvalue weighted by molar-refractivity contribution is 0.483. The van der Waals surface area contributed by atoms with E-state index < -0.39 is 0 Å². The van der Waals surface area contributed by atoms with Gasteiger partial charge in [0.25, 0.3) is 0 Å². The molecule has 0 fully saturated rings. The van der Waals surface area contributed by atoms with E-state index in [1.54, 1.807) is 0 Å². The summed E-state index contributed by atoms with van der Waals surface area (Å²) in [5, 5.41) is 2.31. The van der Waals surface area contributed by atoms with Crippen molar-refractivity contribution in [1.82, 2.24) is 0 Å². The van der Waals surface area contributed by atoms with Crippen LogP contribution in [0.3, 0.4) is 0 Å². The van der Waals surface area contributed by atoms with Crippen molar-refractivity contribution in [3.8, 4) is 11.5 Å². The van der Waals surface area contributed by atoms with E-state index in [1.165, 1.54) is 0 Å². The molecule has 0 heterocycles. The highest BCUT2D eigenvalue weighted by atomic mass is 31.0. The molecule has 2 aromatic carbocycles. The fraction of sp³-hybridized carbons (Fsp3) is 0. The first-order valence-corrected chi connectivity index (χ1v) is 5.78. The lowest BCUT2D eigenvalue weighted by Gasteiger charge is -2.05. The van der Waals surface area contributed by atoms with Crippen molar-refractivity contribution in [3.63, 3.8) is 0 Å². The second-order valence-corrected chi connectivity index (χ2v) is 4.57. The van der Waals surface area contributed by atoms with Gasteiger partial charge >= 0.3 is 0 Å². The highest BCUT2D eigenvalue weighted by molar-refractivity contribution is 7.27. The molecule has 2 atom stereocenters. The maximum Gasteiger partial charge on any atom is 0.127 e. The molecule has 0 aliphatic heterocycles. The van der Waals surface area contributed by atoms with Crippen LogP contribution in [-0.4, -0.2) is 0 Å². The second-order valence-electron chi connectivity index (χ2n) is 3.24. The number of rotatable bonds is 2. The van der Waals surface area contributed by atoms with Crippen molar-refractivity contribution in [2.75, 3.05) is 0 Å². The van der Waals surface area contributed by atoms with Crippen LogP contribution in [0, 0.1) is 0 Å². The largest absolute Gasteiger partial charge is 0.457 e. The van der Waals surface area contributed by atoms with Crippen LogP contribution >= 0.6 is 18.5 Å². The smallest absolute Gasteiger partial charge is 0.127 e. The van der Waals surface area contributed by atoms with Gasteiger partial charge in [-0.1, -0.05) is 24.3 Å². The minimum atomic E-state index is 0.859. The van der Waals surface area contributed by atoms with E-state index in [4.69, 9.17) is 4.74 Å². The molecule has 0 spiro atoms. The minimum Gasteiger partial charge on any atom is -0.457 e. The molecule has 0 aromatic heterocycles. The molecule has 2 rings (SSSR count). The van der Waals surface area contributed by atoms with E-state index in [9.17, 15) is 0 Å². The van der Waals surface area contributed by atoms with Gasteiger partial charge in [-0.15, -0.1) is 18.5 Å². The van der Waals surface area contributed by atoms with Crippen LogP contribution in [0.2, 0.25) is 0 Å². The highest BCUT2D eigenvalue weighted by Gasteiger charge is 1.95. The van der Waals surface area contributed by atoms with Crippen molar-refractivity contribution < 1.29 is 4.74 Å². The molecule has 1 nitrogen and oxygen atoms in total. The monoisotopic (exact) mass is 234 g/mol. The fourth-order valence-electron chi connectivity index (χ4n) is 1.21. The first-order chi connectivity index (χ1) is 7.24. The summed E-state index contributed by atoms with van der Waals surface area (Å²) in [6, 6.07) is 15.8. The van der Waals surface area contributed by atoms with Crippen LogP contribution in [0.25, 0.3) is 0 Å². The third-order valence-electron chi connectivity index (χ3n) is 2.00. The van der Waals surface area contributed by atoms with Crippen molar-refractivity contribution in [3.05, 3.63) is 48.5 Å². The van der Waals surface area contributed by atoms with Crippen LogP contribution in [0.15, 0.2) is 48.5 Å². The third-order valence-corrected chi connectivity index (χ3v) is 2.77. The van der Waals surface area contributed by atoms with Gasteiger partial charge in [0.15, 0.2) is 0 Å². The quantitative estimate of drug-likeness (QED) is 0.725. The molecule has 0 saturated carbocycles. The summed E-state index contributed by atoms with van der Waals surface area (Å²) < 4.78 is 5.67. The maximum absolute atomic E-state index is 5.67. The van der Waals surface area contributed by atoms with E-state index in [0.29, 0.717) is 0 Å². The summed E-state index contributed by atoms with van der Waals surface area (Å²) >= 11 is 0. The summed E-state index contributed by atoms with van der Waals surface area (Å²) in [5.41, 5.74) is 0. The normalized spacial score (nSPS) is 10.0. The molecule has 0 aliphatic carbocycles. The average molecular weight is 234 g/mol. The number of hydrogen-bond acceptors (Lipinski definition) is 1. The van der Waals surface area contributed by atoms with E-state index in [-0.39, 0.29) is 0 Å². The van der Waals surface area contributed by atoms with Crippen molar-refractivity contribution in [1.29, 1.82) is 0 Å². The molecule has 2 unspecified atom stereocenters. The predicted octanol–water partition coefficient (Wildman–Crippen LogP) is 2.48. The first kappa shape index (κ1) is 10.6. The van der Waals surface area contributed by atoms with E-state index in [0.717, 1.165) is 22.1 Å². The molecule has 0 aliphatic rings. The number of ether oxygens (including phenoxy) is 1. The molecular weight excluding hydrogens is 222 g/mol. The van der Waals surface area contributed by atoms with Crippen LogP contribution in [0.1, 0.15) is 0 Å². The van der Waals surface area contributed by atoms with Crippen molar-refractivity contribution >= 4 is 29.1 Å². The molecule has 15 heavy (non-hydrogen) atoms. The van der Waals surface area contributed by atoms with Gasteiger partial charge in [-0.2, -0.15) is 0 Å². The Morgan fingerprint density at radius 2 is 0.933 bits per heavy atom. The van der Waals surface area contributed by atoms with Crippen LogP contribution in [0.4, 0.5) is 0 Å². The van der Waals surface area contributed by atoms with Gasteiger partial charge in [0.1, 0.15) is 11.5 Å². The number of benzene rings is 2. The minimum absolute atomic E-state index is 0.859. The lowest BCUT2D eigenvalue weighted by Crippen LogP contribution is -1.91. The fourth-order valence-corrected chi connectivity index (χ4v) is 1.59. The Labute approximate surface area is 94.3 Å². The zero-order valence-corrected chi connectivity index (χ0v) is 10.5. The standard InChI is InChI=1S/C12H12OP2/c14-11-5-1-9(2-6-11)13-10-3-7-12(15)8-4-10/h1-8H,14-15H2. The molecule has 0 radical (unpaired) electrons. The molecule has 0 N–H and O–H groups in total. The van der Waals surface area contributed by atoms with Crippen LogP contribution < -0.4 is 15.3 Å². The van der Waals surface area contributed by atoms with Gasteiger partial charge < -0.3 is 4.74 Å². The first-order valence-electron chi connectivity index (χ1n) is 4.63. The van der Waals surface area contributed by atoms with E-state index >= 15 is 0 Å². The van der Waals surface area contributed by atoms with Gasteiger partial charge in [0, 0.05) is 0 Å². The Morgan fingerprint density at radius 1 is 0.600 bits per heavy atom. The molecule has 3 heteroatoms. The SMILES string of the molecule is Pc1ccc(Oc2ccc(P)cc2)cc1. The Kier molecular flexibility index (Phi) is 3.36. The molecular formula is C12H12OP2. The van der Waals surface area contributed by atoms with Gasteiger partial charge in [0.05, 0.1) is 0 Å². The summed E-state index contributed by atoms with van der Waals surface area (Å²) in [7, 11) is 5.30. The summed E-state index contributed by atoms with van der Waals surface area (Å²) in [5.74, 6) is 1.72. The van der Waals surface area contributed by atoms with Gasteiger partial charge in [-0.05, 0) is 34.9 Å². The Bertz CT molecular complexity index is 391. The molecule has 2 aromatic rings. The molecule has 0 bridgehead atoms. The molecule has 76 valence electrons. The molecule has 0 saturated heterocycles. The van der Waals surface area contributed by atoms with Gasteiger partial charge in [0.2, 0.25) is 0 Å². The summed E-state index contributed by atoms with van der Waals surface area (Å²) in [4.78, 5) is 0. The second kappa shape index (κ2) is 4.75. The van der Waals surface area contributed by atoms with Crippen LogP contribution in [-0.2, 0) is 0 Å². The zero-order valence-electron chi connectivity index (χ0n) is 8.18. The van der Waals surface area contributed by atoms with Gasteiger partial charge in [-0.3, -0.25) is 0 Å². The summed E-state index contributed by atoms with van der Waals surface area (Å²) in [6.45, 7) is 0. The predicted molar refractivity (Wildman–Crippen MR) is 71.6 cm³/mol. The van der Waals surface area contributed by atoms with Crippen molar-refractivity contribution in [2.24, 2.45) is 0 Å². The Morgan fingerprint density at radius 3 is 1.27 bits per heavy atom. The van der Waals surface area contributed by atoms with Crippen molar-refractivity contribution in [2.45, 2.75) is 0 Å². The van der Waals surface area contributed by atoms with Gasteiger partial charge in [-0.25, -0.2) is 0 Å². The van der Waals surface area contributed by atoms with E-state index in [2.05, 4.69) is 18.5 Å². The maximum atomic E-state index is 5.67. The number of hydrogen-bond donors (Lipinski definition) is 0.